The van der Waals surface area contributed by atoms with Gasteiger partial charge in [-0.2, -0.15) is 0 Å². The molecule has 0 radical (unpaired) electrons. The highest BCUT2D eigenvalue weighted by molar-refractivity contribution is 5.31. The molecule has 0 bridgehead atoms. The lowest BCUT2D eigenvalue weighted by Gasteiger charge is -2.14. The van der Waals surface area contributed by atoms with Crippen LogP contribution in [0.1, 0.15) is 30.0 Å². The summed E-state index contributed by atoms with van der Waals surface area (Å²) < 4.78 is 12.9. The molecule has 0 amide bonds. The highest BCUT2D eigenvalue weighted by Gasteiger charge is 2.30. The zero-order chi connectivity index (χ0) is 10.1. The molecular weight excluding hydrogens is 181 g/mol. The van der Waals surface area contributed by atoms with Gasteiger partial charge < -0.3 is 10.8 Å². The fraction of sp³-hybridized carbons (Fsp3) is 0.455. The average molecular weight is 195 g/mol. The van der Waals surface area contributed by atoms with Gasteiger partial charge in [0, 0.05) is 6.04 Å². The van der Waals surface area contributed by atoms with Crippen molar-refractivity contribution >= 4 is 0 Å². The van der Waals surface area contributed by atoms with Crippen molar-refractivity contribution < 1.29 is 9.50 Å². The van der Waals surface area contributed by atoms with E-state index in [9.17, 15) is 4.39 Å². The Hall–Kier alpha value is -0.930. The fourth-order valence-corrected chi connectivity index (χ4v) is 1.75. The third kappa shape index (κ3) is 1.79. The van der Waals surface area contributed by atoms with E-state index in [-0.39, 0.29) is 18.5 Å². The average Bonchev–Trinajstić information content (AvgIpc) is 3.00. The molecule has 2 nitrogen and oxygen atoms in total. The first-order valence-electron chi connectivity index (χ1n) is 4.87. The van der Waals surface area contributed by atoms with Gasteiger partial charge in [0.2, 0.25) is 0 Å². The number of hydrogen-bond donors (Lipinski definition) is 2. The summed E-state index contributed by atoms with van der Waals surface area (Å²) in [6.45, 7) is -0.145. The standard InChI is InChI=1S/C11H14FNO/c12-9-3-4-10(8(5-9)6-14)11(13)7-1-2-7/h3-5,7,11,14H,1-2,6,13H2/t11-/m1/s1. The smallest absolute Gasteiger partial charge is 0.123 e. The van der Waals surface area contributed by atoms with Crippen LogP contribution in [0.15, 0.2) is 18.2 Å². The first-order valence-corrected chi connectivity index (χ1v) is 4.87. The van der Waals surface area contributed by atoms with E-state index >= 15 is 0 Å². The van der Waals surface area contributed by atoms with Crippen LogP contribution in [0.2, 0.25) is 0 Å². The summed E-state index contributed by atoms with van der Waals surface area (Å²) in [4.78, 5) is 0. The van der Waals surface area contributed by atoms with Crippen molar-refractivity contribution in [3.63, 3.8) is 0 Å². The molecule has 2 rings (SSSR count). The van der Waals surface area contributed by atoms with Crippen LogP contribution in [-0.4, -0.2) is 5.11 Å². The van der Waals surface area contributed by atoms with Gasteiger partial charge in [0.15, 0.2) is 0 Å². The van der Waals surface area contributed by atoms with Crippen LogP contribution in [0, 0.1) is 11.7 Å². The lowest BCUT2D eigenvalue weighted by molar-refractivity contribution is 0.279. The Labute approximate surface area is 82.5 Å². The number of rotatable bonds is 3. The molecule has 3 N–H and O–H groups in total. The van der Waals surface area contributed by atoms with Crippen molar-refractivity contribution in [2.45, 2.75) is 25.5 Å². The van der Waals surface area contributed by atoms with Crippen molar-refractivity contribution in [1.29, 1.82) is 0 Å². The van der Waals surface area contributed by atoms with Gasteiger partial charge in [0.05, 0.1) is 6.61 Å². The molecule has 0 saturated heterocycles. The monoisotopic (exact) mass is 195 g/mol. The summed E-state index contributed by atoms with van der Waals surface area (Å²) in [5.41, 5.74) is 7.49. The SMILES string of the molecule is N[C@@H](c1ccc(F)cc1CO)C1CC1. The molecule has 1 aliphatic carbocycles. The molecule has 0 spiro atoms. The number of benzene rings is 1. The first kappa shape index (κ1) is 9.62. The van der Waals surface area contributed by atoms with Crippen LogP contribution in [-0.2, 0) is 6.61 Å². The second-order valence-corrected chi connectivity index (χ2v) is 3.86. The van der Waals surface area contributed by atoms with Crippen LogP contribution >= 0.6 is 0 Å². The molecule has 1 aliphatic rings. The number of halogens is 1. The molecule has 1 atom stereocenters. The van der Waals surface area contributed by atoms with Crippen LogP contribution in [0.25, 0.3) is 0 Å². The van der Waals surface area contributed by atoms with Gasteiger partial charge in [-0.1, -0.05) is 6.07 Å². The molecule has 14 heavy (non-hydrogen) atoms. The zero-order valence-corrected chi connectivity index (χ0v) is 7.91. The normalized spacial score (nSPS) is 18.2. The van der Waals surface area contributed by atoms with Crippen molar-refractivity contribution in [3.8, 4) is 0 Å². The zero-order valence-electron chi connectivity index (χ0n) is 7.91. The summed E-state index contributed by atoms with van der Waals surface area (Å²) in [6.07, 6.45) is 2.28. The second kappa shape index (κ2) is 3.67. The Balaban J connectivity index is 2.30. The van der Waals surface area contributed by atoms with Crippen LogP contribution in [0.4, 0.5) is 4.39 Å². The molecule has 1 aromatic rings. The Morgan fingerprint density at radius 1 is 1.50 bits per heavy atom. The molecule has 0 aliphatic heterocycles. The second-order valence-electron chi connectivity index (χ2n) is 3.86. The van der Waals surface area contributed by atoms with Gasteiger partial charge in [-0.3, -0.25) is 0 Å². The Morgan fingerprint density at radius 2 is 2.21 bits per heavy atom. The van der Waals surface area contributed by atoms with E-state index in [1.54, 1.807) is 6.07 Å². The Kier molecular flexibility index (Phi) is 2.52. The third-order valence-electron chi connectivity index (χ3n) is 2.76. The summed E-state index contributed by atoms with van der Waals surface area (Å²) in [7, 11) is 0. The number of nitrogens with two attached hydrogens (primary N) is 1. The molecular formula is C11H14FNO. The Morgan fingerprint density at radius 3 is 2.79 bits per heavy atom. The van der Waals surface area contributed by atoms with Gasteiger partial charge in [0.25, 0.3) is 0 Å². The number of aliphatic hydroxyl groups is 1. The van der Waals surface area contributed by atoms with E-state index in [1.807, 2.05) is 0 Å². The van der Waals surface area contributed by atoms with E-state index in [2.05, 4.69) is 0 Å². The maximum atomic E-state index is 12.9. The highest BCUT2D eigenvalue weighted by Crippen LogP contribution is 2.40. The van der Waals surface area contributed by atoms with Crippen LogP contribution in [0.5, 0.6) is 0 Å². The fourth-order valence-electron chi connectivity index (χ4n) is 1.75. The van der Waals surface area contributed by atoms with E-state index in [0.29, 0.717) is 11.5 Å². The minimum absolute atomic E-state index is 0.0438. The van der Waals surface area contributed by atoms with E-state index in [1.165, 1.54) is 12.1 Å². The highest BCUT2D eigenvalue weighted by atomic mass is 19.1. The number of aliphatic hydroxyl groups excluding tert-OH is 1. The van der Waals surface area contributed by atoms with Gasteiger partial charge in [-0.15, -0.1) is 0 Å². The lowest BCUT2D eigenvalue weighted by Crippen LogP contribution is -2.14. The van der Waals surface area contributed by atoms with Crippen molar-refractivity contribution in [1.82, 2.24) is 0 Å². The predicted octanol–water partition coefficient (Wildman–Crippen LogP) is 1.73. The van der Waals surface area contributed by atoms with Gasteiger partial charge in [0.1, 0.15) is 5.82 Å². The van der Waals surface area contributed by atoms with Crippen molar-refractivity contribution in [2.75, 3.05) is 0 Å². The molecule has 76 valence electrons. The molecule has 1 fully saturated rings. The third-order valence-corrected chi connectivity index (χ3v) is 2.76. The molecule has 0 heterocycles. The predicted molar refractivity (Wildman–Crippen MR) is 52.0 cm³/mol. The molecule has 0 aromatic heterocycles. The van der Waals surface area contributed by atoms with E-state index in [0.717, 1.165) is 18.4 Å². The minimum Gasteiger partial charge on any atom is -0.392 e. The molecule has 1 aromatic carbocycles. The topological polar surface area (TPSA) is 46.2 Å². The molecule has 1 saturated carbocycles. The van der Waals surface area contributed by atoms with E-state index < -0.39 is 0 Å². The molecule has 0 unspecified atom stereocenters. The van der Waals surface area contributed by atoms with Gasteiger partial charge in [-0.25, -0.2) is 4.39 Å². The summed E-state index contributed by atoms with van der Waals surface area (Å²) in [5, 5.41) is 9.07. The maximum Gasteiger partial charge on any atom is 0.123 e. The maximum absolute atomic E-state index is 12.9. The van der Waals surface area contributed by atoms with Crippen LogP contribution in [0.3, 0.4) is 0 Å². The van der Waals surface area contributed by atoms with E-state index in [4.69, 9.17) is 10.8 Å². The largest absolute Gasteiger partial charge is 0.392 e. The van der Waals surface area contributed by atoms with Crippen LogP contribution < -0.4 is 5.73 Å². The van der Waals surface area contributed by atoms with Crippen molar-refractivity contribution in [2.24, 2.45) is 11.7 Å². The quantitative estimate of drug-likeness (QED) is 0.771. The van der Waals surface area contributed by atoms with Gasteiger partial charge >= 0.3 is 0 Å². The first-order chi connectivity index (χ1) is 6.72. The van der Waals surface area contributed by atoms with Gasteiger partial charge in [-0.05, 0) is 42.0 Å². The summed E-state index contributed by atoms with van der Waals surface area (Å²) in [5.74, 6) is 0.201. The Bertz CT molecular complexity index is 336. The lowest BCUT2D eigenvalue weighted by atomic mass is 9.98. The summed E-state index contributed by atoms with van der Waals surface area (Å²) >= 11 is 0. The minimum atomic E-state index is -0.319. The molecule has 3 heteroatoms. The summed E-state index contributed by atoms with van der Waals surface area (Å²) in [6, 6.07) is 4.40. The van der Waals surface area contributed by atoms with Crippen molar-refractivity contribution in [3.05, 3.63) is 35.1 Å². The number of hydrogen-bond acceptors (Lipinski definition) is 2.